The maximum absolute atomic E-state index is 13.4. The molecule has 1 aromatic carbocycles. The van der Waals surface area contributed by atoms with Crippen LogP contribution >= 0.6 is 27.5 Å². The van der Waals surface area contributed by atoms with Crippen LogP contribution in [0, 0.1) is 30.5 Å². The molecule has 0 radical (unpaired) electrons. The molecule has 0 heterocycles. The Morgan fingerprint density at radius 2 is 1.89 bits per heavy atom. The number of benzene rings is 1. The Morgan fingerprint density at radius 1 is 1.28 bits per heavy atom. The summed E-state index contributed by atoms with van der Waals surface area (Å²) in [6.45, 7) is 1.80. The molecule has 2 saturated carbocycles. The average molecular weight is 332 g/mol. The molecule has 3 unspecified atom stereocenters. The van der Waals surface area contributed by atoms with Gasteiger partial charge in [0.1, 0.15) is 5.82 Å². The predicted octanol–water partition coefficient (Wildman–Crippen LogP) is 5.66. The first-order chi connectivity index (χ1) is 8.59. The highest BCUT2D eigenvalue weighted by molar-refractivity contribution is 9.09. The fourth-order valence-corrected chi connectivity index (χ4v) is 5.14. The van der Waals surface area contributed by atoms with Gasteiger partial charge in [0.05, 0.1) is 0 Å². The van der Waals surface area contributed by atoms with Gasteiger partial charge in [-0.15, -0.1) is 0 Å². The Labute approximate surface area is 121 Å². The van der Waals surface area contributed by atoms with E-state index in [9.17, 15) is 4.39 Å². The van der Waals surface area contributed by atoms with Gasteiger partial charge in [-0.1, -0.05) is 46.4 Å². The Bertz CT molecular complexity index is 462. The molecule has 18 heavy (non-hydrogen) atoms. The van der Waals surface area contributed by atoms with Crippen LogP contribution in [0.1, 0.15) is 41.6 Å². The van der Waals surface area contributed by atoms with Crippen molar-refractivity contribution in [3.63, 3.8) is 0 Å². The van der Waals surface area contributed by atoms with Gasteiger partial charge in [0, 0.05) is 9.85 Å². The summed E-state index contributed by atoms with van der Waals surface area (Å²) in [7, 11) is 0. The fourth-order valence-electron chi connectivity index (χ4n) is 3.58. The Hall–Kier alpha value is -0.0800. The second kappa shape index (κ2) is 4.79. The molecule has 2 fully saturated rings. The molecule has 0 spiro atoms. The van der Waals surface area contributed by atoms with Gasteiger partial charge < -0.3 is 0 Å². The molecule has 2 aliphatic rings. The average Bonchev–Trinajstić information content (AvgIpc) is 3.07. The highest BCUT2D eigenvalue weighted by Crippen LogP contribution is 2.63. The monoisotopic (exact) mass is 330 g/mol. The molecule has 0 aromatic heterocycles. The van der Waals surface area contributed by atoms with Gasteiger partial charge in [0.15, 0.2) is 0 Å². The molecule has 0 bridgehead atoms. The SMILES string of the molecule is Cc1cc(C(Br)C2C3CCCCC32)c(Cl)cc1F. The van der Waals surface area contributed by atoms with Crippen LogP contribution < -0.4 is 0 Å². The topological polar surface area (TPSA) is 0 Å². The number of hydrogen-bond acceptors (Lipinski definition) is 0. The second-order valence-corrected chi connectivity index (χ2v) is 7.11. The fraction of sp³-hybridized carbons (Fsp3) is 0.600. The molecule has 0 saturated heterocycles. The van der Waals surface area contributed by atoms with E-state index in [1.54, 1.807) is 6.92 Å². The summed E-state index contributed by atoms with van der Waals surface area (Å²) in [5.74, 6) is 2.22. The van der Waals surface area contributed by atoms with Crippen LogP contribution in [0.5, 0.6) is 0 Å². The van der Waals surface area contributed by atoms with Gasteiger partial charge in [-0.05, 0) is 54.7 Å². The summed E-state index contributed by atoms with van der Waals surface area (Å²) in [6.07, 6.45) is 5.45. The van der Waals surface area contributed by atoms with E-state index in [1.165, 1.54) is 31.7 Å². The van der Waals surface area contributed by atoms with Crippen molar-refractivity contribution in [1.29, 1.82) is 0 Å². The zero-order valence-electron chi connectivity index (χ0n) is 10.4. The minimum atomic E-state index is -0.211. The maximum atomic E-state index is 13.4. The quantitative estimate of drug-likeness (QED) is 0.613. The lowest BCUT2D eigenvalue weighted by atomic mass is 10.0. The maximum Gasteiger partial charge on any atom is 0.127 e. The summed E-state index contributed by atoms with van der Waals surface area (Å²) < 4.78 is 13.4. The Morgan fingerprint density at radius 3 is 2.50 bits per heavy atom. The highest BCUT2D eigenvalue weighted by Gasteiger charge is 2.54. The first-order valence-electron chi connectivity index (χ1n) is 6.69. The molecule has 2 aliphatic carbocycles. The number of aryl methyl sites for hydroxylation is 1. The molecular weight excluding hydrogens is 315 g/mol. The van der Waals surface area contributed by atoms with E-state index in [1.807, 2.05) is 6.07 Å². The lowest BCUT2D eigenvalue weighted by Crippen LogP contribution is -1.98. The van der Waals surface area contributed by atoms with Gasteiger partial charge >= 0.3 is 0 Å². The standard InChI is InChI=1S/C15H17BrClF/c1-8-6-11(12(17)7-13(8)18)15(16)14-9-4-2-3-5-10(9)14/h6-7,9-10,14-15H,2-5H2,1H3. The largest absolute Gasteiger partial charge is 0.207 e. The van der Waals surface area contributed by atoms with E-state index < -0.39 is 0 Å². The lowest BCUT2D eigenvalue weighted by molar-refractivity contribution is 0.480. The zero-order valence-corrected chi connectivity index (χ0v) is 12.8. The van der Waals surface area contributed by atoms with Crippen molar-refractivity contribution in [1.82, 2.24) is 0 Å². The lowest BCUT2D eigenvalue weighted by Gasteiger charge is -2.13. The molecule has 3 heteroatoms. The molecule has 0 N–H and O–H groups in total. The zero-order chi connectivity index (χ0) is 12.9. The van der Waals surface area contributed by atoms with Crippen LogP contribution in [0.25, 0.3) is 0 Å². The van der Waals surface area contributed by atoms with E-state index in [0.29, 0.717) is 16.5 Å². The summed E-state index contributed by atoms with van der Waals surface area (Å²) in [4.78, 5) is 0.289. The van der Waals surface area contributed by atoms with Crippen LogP contribution in [0.4, 0.5) is 4.39 Å². The van der Waals surface area contributed by atoms with E-state index in [4.69, 9.17) is 11.6 Å². The van der Waals surface area contributed by atoms with Crippen molar-refractivity contribution in [3.8, 4) is 0 Å². The molecule has 98 valence electrons. The molecule has 0 amide bonds. The summed E-state index contributed by atoms with van der Waals surface area (Å²) in [5.41, 5.74) is 1.75. The predicted molar refractivity (Wildman–Crippen MR) is 76.8 cm³/mol. The molecule has 3 atom stereocenters. The number of fused-ring (bicyclic) bond motifs is 1. The van der Waals surface area contributed by atoms with E-state index >= 15 is 0 Å². The third kappa shape index (κ3) is 2.12. The normalized spacial score (nSPS) is 31.9. The Balaban J connectivity index is 1.85. The van der Waals surface area contributed by atoms with E-state index in [2.05, 4.69) is 15.9 Å². The molecule has 0 aliphatic heterocycles. The van der Waals surface area contributed by atoms with E-state index in [0.717, 1.165) is 17.4 Å². The minimum Gasteiger partial charge on any atom is -0.207 e. The summed E-state index contributed by atoms with van der Waals surface area (Å²) >= 11 is 10.0. The number of rotatable bonds is 2. The van der Waals surface area contributed by atoms with Crippen molar-refractivity contribution >= 4 is 27.5 Å². The van der Waals surface area contributed by atoms with E-state index in [-0.39, 0.29) is 10.6 Å². The van der Waals surface area contributed by atoms with Crippen LogP contribution in [0.15, 0.2) is 12.1 Å². The molecule has 1 aromatic rings. The first-order valence-corrected chi connectivity index (χ1v) is 7.98. The van der Waals surface area contributed by atoms with Gasteiger partial charge in [-0.25, -0.2) is 4.39 Å². The number of halogens is 3. The number of hydrogen-bond donors (Lipinski definition) is 0. The van der Waals surface area contributed by atoms with Gasteiger partial charge in [-0.2, -0.15) is 0 Å². The number of alkyl halides is 1. The second-order valence-electron chi connectivity index (χ2n) is 5.71. The van der Waals surface area contributed by atoms with Crippen LogP contribution in [-0.4, -0.2) is 0 Å². The van der Waals surface area contributed by atoms with Crippen LogP contribution in [0.2, 0.25) is 5.02 Å². The molecule has 3 rings (SSSR count). The third-order valence-electron chi connectivity index (χ3n) is 4.64. The van der Waals surface area contributed by atoms with Crippen LogP contribution in [0.3, 0.4) is 0 Å². The van der Waals surface area contributed by atoms with Gasteiger partial charge in [0.25, 0.3) is 0 Å². The summed E-state index contributed by atoms with van der Waals surface area (Å²) in [5, 5.41) is 0.559. The van der Waals surface area contributed by atoms with Crippen molar-refractivity contribution in [2.24, 2.45) is 17.8 Å². The molecular formula is C15H17BrClF. The van der Waals surface area contributed by atoms with Gasteiger partial charge in [-0.3, -0.25) is 0 Å². The third-order valence-corrected chi connectivity index (χ3v) is 6.07. The summed E-state index contributed by atoms with van der Waals surface area (Å²) in [6, 6.07) is 3.36. The Kier molecular flexibility index (Phi) is 3.44. The van der Waals surface area contributed by atoms with Crippen molar-refractivity contribution in [3.05, 3.63) is 34.1 Å². The van der Waals surface area contributed by atoms with Crippen LogP contribution in [-0.2, 0) is 0 Å². The van der Waals surface area contributed by atoms with Crippen molar-refractivity contribution in [2.45, 2.75) is 37.4 Å². The first kappa shape index (κ1) is 12.9. The van der Waals surface area contributed by atoms with Crippen molar-refractivity contribution < 1.29 is 4.39 Å². The van der Waals surface area contributed by atoms with Crippen molar-refractivity contribution in [2.75, 3.05) is 0 Å². The van der Waals surface area contributed by atoms with Gasteiger partial charge in [0.2, 0.25) is 0 Å². The molecule has 0 nitrogen and oxygen atoms in total. The highest BCUT2D eigenvalue weighted by atomic mass is 79.9. The minimum absolute atomic E-state index is 0.211. The smallest absolute Gasteiger partial charge is 0.127 e.